The van der Waals surface area contributed by atoms with Gasteiger partial charge in [-0.15, -0.1) is 0 Å². The number of aliphatic hydroxyl groups is 1. The van der Waals surface area contributed by atoms with Crippen LogP contribution in [0.3, 0.4) is 0 Å². The molecule has 1 N–H and O–H groups in total. The topological polar surface area (TPSA) is 57.6 Å². The molecule has 1 aliphatic rings. The number of hydrogen-bond donors (Lipinski definition) is 1. The molecular weight excluding hydrogens is 190 g/mol. The van der Waals surface area contributed by atoms with Crippen LogP contribution in [0.25, 0.3) is 0 Å². The van der Waals surface area contributed by atoms with Gasteiger partial charge in [-0.1, -0.05) is 18.2 Å². The minimum absolute atomic E-state index is 0.199. The van der Waals surface area contributed by atoms with Crippen LogP contribution in [0.2, 0.25) is 0 Å². The van der Waals surface area contributed by atoms with Gasteiger partial charge in [0.25, 0.3) is 0 Å². The van der Waals surface area contributed by atoms with Crippen LogP contribution in [0, 0.1) is 0 Å². The van der Waals surface area contributed by atoms with Gasteiger partial charge >= 0.3 is 0 Å². The molecule has 2 rings (SSSR count). The Hall–Kier alpha value is -0.910. The monoisotopic (exact) mass is 199 g/mol. The summed E-state index contributed by atoms with van der Waals surface area (Å²) in [5, 5.41) is 9.53. The third-order valence-electron chi connectivity index (χ3n) is 2.20. The Morgan fingerprint density at radius 2 is 2.00 bits per heavy atom. The van der Waals surface area contributed by atoms with E-state index >= 15 is 0 Å². The molecule has 0 aromatic heterocycles. The SMILES string of the molecule is CN1[C@H](O)c2ccccc2S1(=O)=O. The molecule has 4 nitrogen and oxygen atoms in total. The van der Waals surface area contributed by atoms with Crippen molar-refractivity contribution in [1.82, 2.24) is 4.31 Å². The van der Waals surface area contributed by atoms with Gasteiger partial charge in [0, 0.05) is 12.6 Å². The van der Waals surface area contributed by atoms with Crippen molar-refractivity contribution in [3.8, 4) is 0 Å². The van der Waals surface area contributed by atoms with Gasteiger partial charge < -0.3 is 5.11 Å². The van der Waals surface area contributed by atoms with Crippen molar-refractivity contribution in [3.63, 3.8) is 0 Å². The average molecular weight is 199 g/mol. The van der Waals surface area contributed by atoms with Crippen molar-refractivity contribution in [2.45, 2.75) is 11.1 Å². The lowest BCUT2D eigenvalue weighted by molar-refractivity contribution is 0.0851. The average Bonchev–Trinajstić information content (AvgIpc) is 2.30. The second kappa shape index (κ2) is 2.54. The lowest BCUT2D eigenvalue weighted by Gasteiger charge is -2.11. The summed E-state index contributed by atoms with van der Waals surface area (Å²) < 4.78 is 24.1. The first-order valence-electron chi connectivity index (χ1n) is 3.80. The molecule has 0 fully saturated rings. The number of nitrogens with zero attached hydrogens (tertiary/aromatic N) is 1. The molecule has 0 amide bonds. The lowest BCUT2D eigenvalue weighted by atomic mass is 10.2. The number of aliphatic hydroxyl groups excluding tert-OH is 1. The van der Waals surface area contributed by atoms with E-state index in [1.165, 1.54) is 13.1 Å². The molecule has 1 aromatic rings. The first kappa shape index (κ1) is 8.68. The van der Waals surface area contributed by atoms with Crippen LogP contribution in [0.4, 0.5) is 0 Å². The zero-order chi connectivity index (χ0) is 9.64. The van der Waals surface area contributed by atoms with E-state index in [-0.39, 0.29) is 4.90 Å². The van der Waals surface area contributed by atoms with Crippen LogP contribution in [0.5, 0.6) is 0 Å². The van der Waals surface area contributed by atoms with Crippen LogP contribution < -0.4 is 0 Å². The molecular formula is C8H9NO3S. The van der Waals surface area contributed by atoms with Gasteiger partial charge in [0.2, 0.25) is 10.0 Å². The van der Waals surface area contributed by atoms with Crippen LogP contribution in [0.15, 0.2) is 29.2 Å². The normalized spacial score (nSPS) is 25.8. The molecule has 0 radical (unpaired) electrons. The summed E-state index contributed by atoms with van der Waals surface area (Å²) in [6.07, 6.45) is -1.04. The molecule has 13 heavy (non-hydrogen) atoms. The highest BCUT2D eigenvalue weighted by molar-refractivity contribution is 7.89. The Balaban J connectivity index is 2.76. The summed E-state index contributed by atoms with van der Waals surface area (Å²) in [6, 6.07) is 6.46. The predicted octanol–water partition coefficient (Wildman–Crippen LogP) is 0.312. The van der Waals surface area contributed by atoms with Gasteiger partial charge in [0.1, 0.15) is 6.23 Å². The van der Waals surface area contributed by atoms with Crippen LogP contribution in [-0.2, 0) is 10.0 Å². The summed E-state index contributed by atoms with van der Waals surface area (Å²) in [7, 11) is -2.09. The number of fused-ring (bicyclic) bond motifs is 1. The molecule has 0 spiro atoms. The molecule has 1 aliphatic heterocycles. The van der Waals surface area contributed by atoms with Crippen molar-refractivity contribution in [1.29, 1.82) is 0 Å². The Kier molecular flexibility index (Phi) is 1.69. The standard InChI is InChI=1S/C8H9NO3S/c1-9-8(10)6-4-2-3-5-7(6)13(9,11)12/h2-5,8,10H,1H3/t8-/m1/s1. The Labute approximate surface area is 76.5 Å². The Morgan fingerprint density at radius 3 is 2.62 bits per heavy atom. The molecule has 0 aliphatic carbocycles. The first-order valence-corrected chi connectivity index (χ1v) is 5.24. The van der Waals surface area contributed by atoms with Gasteiger partial charge in [-0.05, 0) is 6.07 Å². The molecule has 0 saturated carbocycles. The van der Waals surface area contributed by atoms with Gasteiger partial charge in [0.15, 0.2) is 0 Å². The molecule has 1 aromatic carbocycles. The van der Waals surface area contributed by atoms with Crippen LogP contribution >= 0.6 is 0 Å². The zero-order valence-corrected chi connectivity index (χ0v) is 7.82. The lowest BCUT2D eigenvalue weighted by Crippen LogP contribution is -2.23. The summed E-state index contributed by atoms with van der Waals surface area (Å²) in [4.78, 5) is 0.199. The van der Waals surface area contributed by atoms with Crippen molar-refractivity contribution >= 4 is 10.0 Å². The maximum atomic E-state index is 11.6. The molecule has 1 heterocycles. The molecule has 70 valence electrons. The fraction of sp³-hybridized carbons (Fsp3) is 0.250. The minimum atomic E-state index is -3.45. The largest absolute Gasteiger partial charge is 0.373 e. The van der Waals surface area contributed by atoms with E-state index in [9.17, 15) is 13.5 Å². The molecule has 5 heteroatoms. The fourth-order valence-electron chi connectivity index (χ4n) is 1.41. The van der Waals surface area contributed by atoms with E-state index in [4.69, 9.17) is 0 Å². The molecule has 0 saturated heterocycles. The van der Waals surface area contributed by atoms with E-state index in [2.05, 4.69) is 0 Å². The van der Waals surface area contributed by atoms with Crippen molar-refractivity contribution < 1.29 is 13.5 Å². The van der Waals surface area contributed by atoms with E-state index in [1.54, 1.807) is 18.2 Å². The molecule has 1 atom stereocenters. The first-order chi connectivity index (χ1) is 6.05. The van der Waals surface area contributed by atoms with Gasteiger partial charge in [0.05, 0.1) is 4.90 Å². The van der Waals surface area contributed by atoms with Crippen LogP contribution in [-0.4, -0.2) is 24.9 Å². The van der Waals surface area contributed by atoms with E-state index < -0.39 is 16.3 Å². The van der Waals surface area contributed by atoms with E-state index in [0.29, 0.717) is 5.56 Å². The maximum Gasteiger partial charge on any atom is 0.245 e. The highest BCUT2D eigenvalue weighted by atomic mass is 32.2. The highest BCUT2D eigenvalue weighted by Crippen LogP contribution is 2.35. The molecule has 0 unspecified atom stereocenters. The summed E-state index contributed by atoms with van der Waals surface area (Å²) >= 11 is 0. The second-order valence-corrected chi connectivity index (χ2v) is 4.90. The number of rotatable bonds is 0. The summed E-state index contributed by atoms with van der Waals surface area (Å²) in [5.74, 6) is 0. The third-order valence-corrected chi connectivity index (χ3v) is 4.08. The summed E-state index contributed by atoms with van der Waals surface area (Å²) in [6.45, 7) is 0. The number of benzene rings is 1. The molecule has 0 bridgehead atoms. The van der Waals surface area contributed by atoms with Gasteiger partial charge in [-0.2, -0.15) is 4.31 Å². The minimum Gasteiger partial charge on any atom is -0.373 e. The number of hydrogen-bond acceptors (Lipinski definition) is 3. The van der Waals surface area contributed by atoms with E-state index in [0.717, 1.165) is 4.31 Å². The number of sulfonamides is 1. The van der Waals surface area contributed by atoms with Crippen LogP contribution in [0.1, 0.15) is 11.8 Å². The van der Waals surface area contributed by atoms with Gasteiger partial charge in [-0.3, -0.25) is 0 Å². The van der Waals surface area contributed by atoms with Crippen molar-refractivity contribution in [2.24, 2.45) is 0 Å². The Morgan fingerprint density at radius 1 is 1.38 bits per heavy atom. The highest BCUT2D eigenvalue weighted by Gasteiger charge is 2.38. The maximum absolute atomic E-state index is 11.6. The van der Waals surface area contributed by atoms with Crippen molar-refractivity contribution in [3.05, 3.63) is 29.8 Å². The predicted molar refractivity (Wildman–Crippen MR) is 46.4 cm³/mol. The van der Waals surface area contributed by atoms with Crippen molar-refractivity contribution in [2.75, 3.05) is 7.05 Å². The Bertz CT molecular complexity index is 440. The van der Waals surface area contributed by atoms with E-state index in [1.807, 2.05) is 0 Å². The fourth-order valence-corrected chi connectivity index (χ4v) is 2.82. The zero-order valence-electron chi connectivity index (χ0n) is 7.01. The second-order valence-electron chi connectivity index (χ2n) is 2.93. The smallest absolute Gasteiger partial charge is 0.245 e. The van der Waals surface area contributed by atoms with Gasteiger partial charge in [-0.25, -0.2) is 8.42 Å². The summed E-state index contributed by atoms with van der Waals surface area (Å²) in [5.41, 5.74) is 0.449. The quantitative estimate of drug-likeness (QED) is 0.654. The third kappa shape index (κ3) is 1.01.